The van der Waals surface area contributed by atoms with Gasteiger partial charge in [0, 0.05) is 37.1 Å². The van der Waals surface area contributed by atoms with E-state index in [0.717, 1.165) is 40.5 Å². The highest BCUT2D eigenvalue weighted by molar-refractivity contribution is 5.56. The Hall–Kier alpha value is -3.15. The van der Waals surface area contributed by atoms with Gasteiger partial charge in [-0.3, -0.25) is 4.79 Å². The Morgan fingerprint density at radius 2 is 1.86 bits per heavy atom. The van der Waals surface area contributed by atoms with Gasteiger partial charge in [-0.05, 0) is 49.1 Å². The van der Waals surface area contributed by atoms with Crippen molar-refractivity contribution in [2.45, 2.75) is 33.7 Å². The highest BCUT2D eigenvalue weighted by Gasteiger charge is 2.10. The second-order valence-corrected chi connectivity index (χ2v) is 6.96. The molecule has 0 aliphatic heterocycles. The molecule has 3 rings (SSSR count). The van der Waals surface area contributed by atoms with Crippen molar-refractivity contribution in [3.8, 4) is 17.1 Å². The van der Waals surface area contributed by atoms with E-state index in [0.29, 0.717) is 12.2 Å². The Morgan fingerprint density at radius 3 is 2.43 bits per heavy atom. The number of nitrogens with one attached hydrogen (secondary N) is 1. The van der Waals surface area contributed by atoms with Crippen LogP contribution in [-0.2, 0) is 13.0 Å². The molecule has 28 heavy (non-hydrogen) atoms. The summed E-state index contributed by atoms with van der Waals surface area (Å²) in [5, 5.41) is 0. The van der Waals surface area contributed by atoms with E-state index in [1.807, 2.05) is 26.1 Å². The molecule has 0 fully saturated rings. The molecule has 0 spiro atoms. The Balaban J connectivity index is 1.80. The number of hydrogen-bond donors (Lipinski definition) is 1. The topological polar surface area (TPSA) is 71.1 Å². The van der Waals surface area contributed by atoms with E-state index in [-0.39, 0.29) is 5.56 Å². The molecule has 0 unspecified atom stereocenters. The monoisotopic (exact) mass is 378 g/mol. The number of nitrogens with zero attached hydrogens (tertiary/aromatic N) is 3. The summed E-state index contributed by atoms with van der Waals surface area (Å²) in [6.07, 6.45) is 2.46. The molecule has 0 bridgehead atoms. The van der Waals surface area contributed by atoms with Crippen LogP contribution in [0.2, 0.25) is 0 Å². The SMILES string of the molecule is CCc1cc(=O)[nH]c(-c2ccc(N(C)Cc3cc(C)c(OC)c(C)c3)nc2)n1. The molecule has 6 heteroatoms. The van der Waals surface area contributed by atoms with Crippen molar-refractivity contribution >= 4 is 5.82 Å². The summed E-state index contributed by atoms with van der Waals surface area (Å²) in [6.45, 7) is 6.82. The minimum atomic E-state index is -0.145. The van der Waals surface area contributed by atoms with Crippen LogP contribution in [0.3, 0.4) is 0 Å². The van der Waals surface area contributed by atoms with E-state index in [2.05, 4.69) is 45.8 Å². The number of aromatic amines is 1. The summed E-state index contributed by atoms with van der Waals surface area (Å²) < 4.78 is 5.44. The maximum atomic E-state index is 11.8. The van der Waals surface area contributed by atoms with Gasteiger partial charge in [0.15, 0.2) is 0 Å². The quantitative estimate of drug-likeness (QED) is 0.709. The van der Waals surface area contributed by atoms with Crippen molar-refractivity contribution in [1.29, 1.82) is 0 Å². The molecule has 0 amide bonds. The summed E-state index contributed by atoms with van der Waals surface area (Å²) >= 11 is 0. The summed E-state index contributed by atoms with van der Waals surface area (Å²) in [6, 6.07) is 9.68. The Kier molecular flexibility index (Phi) is 5.78. The second kappa shape index (κ2) is 8.25. The normalized spacial score (nSPS) is 10.8. The number of pyridine rings is 1. The molecule has 1 aromatic carbocycles. The van der Waals surface area contributed by atoms with E-state index < -0.39 is 0 Å². The van der Waals surface area contributed by atoms with Crippen molar-refractivity contribution in [1.82, 2.24) is 15.0 Å². The molecule has 1 N–H and O–H groups in total. The van der Waals surface area contributed by atoms with Gasteiger partial charge in [-0.1, -0.05) is 19.1 Å². The van der Waals surface area contributed by atoms with Gasteiger partial charge in [-0.15, -0.1) is 0 Å². The highest BCUT2D eigenvalue weighted by Crippen LogP contribution is 2.25. The van der Waals surface area contributed by atoms with Crippen molar-refractivity contribution in [2.24, 2.45) is 0 Å². The fourth-order valence-corrected chi connectivity index (χ4v) is 3.39. The molecule has 6 nitrogen and oxygen atoms in total. The highest BCUT2D eigenvalue weighted by atomic mass is 16.5. The van der Waals surface area contributed by atoms with Crippen LogP contribution >= 0.6 is 0 Å². The molecule has 0 radical (unpaired) electrons. The fourth-order valence-electron chi connectivity index (χ4n) is 3.39. The number of aromatic nitrogens is 3. The van der Waals surface area contributed by atoms with Crippen molar-refractivity contribution in [2.75, 3.05) is 19.1 Å². The van der Waals surface area contributed by atoms with Crippen LogP contribution < -0.4 is 15.2 Å². The third kappa shape index (κ3) is 4.22. The van der Waals surface area contributed by atoms with Crippen LogP contribution in [0, 0.1) is 13.8 Å². The average Bonchev–Trinajstić information content (AvgIpc) is 2.67. The number of benzene rings is 1. The molecule has 3 aromatic rings. The third-order valence-electron chi connectivity index (χ3n) is 4.71. The lowest BCUT2D eigenvalue weighted by molar-refractivity contribution is 0.408. The summed E-state index contributed by atoms with van der Waals surface area (Å²) in [5.41, 5.74) is 4.87. The fraction of sp³-hybridized carbons (Fsp3) is 0.318. The minimum absolute atomic E-state index is 0.145. The maximum absolute atomic E-state index is 11.8. The van der Waals surface area contributed by atoms with Crippen LogP contribution in [0.25, 0.3) is 11.4 Å². The summed E-state index contributed by atoms with van der Waals surface area (Å²) in [4.78, 5) is 25.7. The van der Waals surface area contributed by atoms with E-state index >= 15 is 0 Å². The molecule has 0 aliphatic rings. The van der Waals surface area contributed by atoms with Gasteiger partial charge in [0.05, 0.1) is 7.11 Å². The predicted octanol–water partition coefficient (Wildman–Crippen LogP) is 3.66. The Morgan fingerprint density at radius 1 is 1.14 bits per heavy atom. The van der Waals surface area contributed by atoms with Gasteiger partial charge in [0.25, 0.3) is 5.56 Å². The van der Waals surface area contributed by atoms with Crippen LogP contribution in [-0.4, -0.2) is 29.1 Å². The van der Waals surface area contributed by atoms with E-state index in [1.54, 1.807) is 13.3 Å². The summed E-state index contributed by atoms with van der Waals surface area (Å²) in [7, 11) is 3.71. The second-order valence-electron chi connectivity index (χ2n) is 6.96. The standard InChI is InChI=1S/C22H26N4O2/c1-6-18-11-20(27)25-22(24-18)17-7-8-19(23-12-17)26(4)13-16-9-14(2)21(28-5)15(3)10-16/h7-12H,6,13H2,1-5H3,(H,24,25,27). The molecule has 0 aliphatic carbocycles. The van der Waals surface area contributed by atoms with Gasteiger partial charge in [-0.2, -0.15) is 0 Å². The third-order valence-corrected chi connectivity index (χ3v) is 4.71. The molecular formula is C22H26N4O2. The van der Waals surface area contributed by atoms with Crippen molar-refractivity contribution < 1.29 is 4.74 Å². The zero-order valence-electron chi connectivity index (χ0n) is 17.0. The molecule has 2 heterocycles. The molecule has 0 saturated heterocycles. The first kappa shape index (κ1) is 19.6. The van der Waals surface area contributed by atoms with Gasteiger partial charge >= 0.3 is 0 Å². The molecular weight excluding hydrogens is 352 g/mol. The van der Waals surface area contributed by atoms with E-state index in [1.165, 1.54) is 11.6 Å². The zero-order valence-corrected chi connectivity index (χ0v) is 17.0. The minimum Gasteiger partial charge on any atom is -0.496 e. The zero-order chi connectivity index (χ0) is 20.3. The van der Waals surface area contributed by atoms with Crippen molar-refractivity contribution in [3.05, 3.63) is 69.3 Å². The first-order valence-electron chi connectivity index (χ1n) is 9.33. The summed E-state index contributed by atoms with van der Waals surface area (Å²) in [5.74, 6) is 2.33. The van der Waals surface area contributed by atoms with E-state index in [9.17, 15) is 4.79 Å². The number of rotatable bonds is 6. The lowest BCUT2D eigenvalue weighted by Crippen LogP contribution is -2.18. The van der Waals surface area contributed by atoms with Gasteiger partial charge in [0.2, 0.25) is 0 Å². The smallest absolute Gasteiger partial charge is 0.251 e. The van der Waals surface area contributed by atoms with Gasteiger partial charge in [0.1, 0.15) is 17.4 Å². The lowest BCUT2D eigenvalue weighted by atomic mass is 10.1. The molecule has 0 atom stereocenters. The molecule has 146 valence electrons. The van der Waals surface area contributed by atoms with Crippen LogP contribution in [0.15, 0.2) is 41.3 Å². The predicted molar refractivity (Wildman–Crippen MR) is 112 cm³/mol. The number of anilines is 1. The largest absolute Gasteiger partial charge is 0.496 e. The number of H-pyrrole nitrogens is 1. The number of hydrogen-bond acceptors (Lipinski definition) is 5. The van der Waals surface area contributed by atoms with Gasteiger partial charge < -0.3 is 14.6 Å². The van der Waals surface area contributed by atoms with Crippen LogP contribution in [0.4, 0.5) is 5.82 Å². The first-order chi connectivity index (χ1) is 13.4. The van der Waals surface area contributed by atoms with E-state index in [4.69, 9.17) is 4.74 Å². The molecule has 0 saturated carbocycles. The molecule has 2 aromatic heterocycles. The lowest BCUT2D eigenvalue weighted by Gasteiger charge is -2.20. The Bertz CT molecular complexity index is 1000. The van der Waals surface area contributed by atoms with Crippen LogP contribution in [0.1, 0.15) is 29.3 Å². The number of methoxy groups -OCH3 is 1. The average molecular weight is 378 g/mol. The van der Waals surface area contributed by atoms with Gasteiger partial charge in [-0.25, -0.2) is 9.97 Å². The number of ether oxygens (including phenoxy) is 1. The maximum Gasteiger partial charge on any atom is 0.251 e. The van der Waals surface area contributed by atoms with Crippen LogP contribution in [0.5, 0.6) is 5.75 Å². The first-order valence-corrected chi connectivity index (χ1v) is 9.33. The van der Waals surface area contributed by atoms with Crippen molar-refractivity contribution in [3.63, 3.8) is 0 Å². The Labute approximate surface area is 165 Å². The number of aryl methyl sites for hydroxylation is 3.